The van der Waals surface area contributed by atoms with Crippen molar-refractivity contribution in [3.8, 4) is 5.88 Å². The molecule has 0 aromatic carbocycles. The number of aldehydes is 1. The van der Waals surface area contributed by atoms with E-state index in [1.807, 2.05) is 18.2 Å². The first-order chi connectivity index (χ1) is 8.81. The molecule has 4 nitrogen and oxygen atoms in total. The molecule has 0 N–H and O–H groups in total. The number of pyridine rings is 2. The number of methoxy groups -OCH3 is 1. The number of hydrogen-bond donors (Lipinski definition) is 0. The molecule has 2 rings (SSSR count). The summed E-state index contributed by atoms with van der Waals surface area (Å²) in [6.45, 7) is 0. The van der Waals surface area contributed by atoms with E-state index in [4.69, 9.17) is 4.74 Å². The van der Waals surface area contributed by atoms with Gasteiger partial charge in [0.1, 0.15) is 0 Å². The van der Waals surface area contributed by atoms with E-state index in [-0.39, 0.29) is 0 Å². The lowest BCUT2D eigenvalue weighted by Crippen LogP contribution is -1.96. The largest absolute Gasteiger partial charge is 0.481 e. The van der Waals surface area contributed by atoms with Crippen molar-refractivity contribution in [3.63, 3.8) is 0 Å². The quantitative estimate of drug-likeness (QED) is 0.753. The Morgan fingerprint density at radius 1 is 1.11 bits per heavy atom. The van der Waals surface area contributed by atoms with Gasteiger partial charge in [-0.1, -0.05) is 6.07 Å². The van der Waals surface area contributed by atoms with Crippen molar-refractivity contribution in [2.24, 2.45) is 0 Å². The van der Waals surface area contributed by atoms with Crippen LogP contribution in [0.5, 0.6) is 5.88 Å². The van der Waals surface area contributed by atoms with Gasteiger partial charge in [0.05, 0.1) is 7.11 Å². The highest BCUT2D eigenvalue weighted by Crippen LogP contribution is 2.09. The van der Waals surface area contributed by atoms with Gasteiger partial charge < -0.3 is 4.74 Å². The van der Waals surface area contributed by atoms with Gasteiger partial charge >= 0.3 is 0 Å². The monoisotopic (exact) mass is 242 g/mol. The van der Waals surface area contributed by atoms with Crippen LogP contribution >= 0.6 is 0 Å². The molecule has 0 aliphatic heterocycles. The van der Waals surface area contributed by atoms with E-state index in [0.29, 0.717) is 11.4 Å². The minimum absolute atomic E-state index is 0.602. The van der Waals surface area contributed by atoms with Crippen LogP contribution in [0.25, 0.3) is 0 Å². The molecule has 0 spiro atoms. The van der Waals surface area contributed by atoms with E-state index in [1.54, 1.807) is 25.6 Å². The van der Waals surface area contributed by atoms with Crippen LogP contribution in [-0.4, -0.2) is 23.4 Å². The van der Waals surface area contributed by atoms with Crippen LogP contribution in [0.1, 0.15) is 21.6 Å². The Labute approximate surface area is 106 Å². The third-order valence-corrected chi connectivity index (χ3v) is 2.66. The Hall–Kier alpha value is -2.23. The first kappa shape index (κ1) is 12.2. The van der Waals surface area contributed by atoms with E-state index < -0.39 is 0 Å². The van der Waals surface area contributed by atoms with Gasteiger partial charge in [-0.25, -0.2) is 4.98 Å². The van der Waals surface area contributed by atoms with Crippen molar-refractivity contribution in [1.82, 2.24) is 9.97 Å². The van der Waals surface area contributed by atoms with Crippen molar-refractivity contribution >= 4 is 6.29 Å². The molecule has 0 radical (unpaired) electrons. The third-order valence-electron chi connectivity index (χ3n) is 2.66. The van der Waals surface area contributed by atoms with Crippen molar-refractivity contribution < 1.29 is 9.53 Å². The molecule has 18 heavy (non-hydrogen) atoms. The Morgan fingerprint density at radius 3 is 2.56 bits per heavy atom. The molecule has 2 aromatic rings. The standard InChI is InChI=1S/C14H14N2O2/c1-18-14-7-4-11(8-16-14)2-5-13-6-3-12(10-17)9-15-13/h3-4,6-10H,2,5H2,1H3. The number of carbonyl (C=O) groups is 1. The predicted molar refractivity (Wildman–Crippen MR) is 67.8 cm³/mol. The summed E-state index contributed by atoms with van der Waals surface area (Å²) in [5.41, 5.74) is 2.71. The van der Waals surface area contributed by atoms with Gasteiger partial charge in [-0.2, -0.15) is 0 Å². The van der Waals surface area contributed by atoms with Crippen LogP contribution in [0.2, 0.25) is 0 Å². The molecule has 0 amide bonds. The third kappa shape index (κ3) is 3.13. The summed E-state index contributed by atoms with van der Waals surface area (Å²) in [6, 6.07) is 7.49. The average Bonchev–Trinajstić information content (AvgIpc) is 2.46. The Bertz CT molecular complexity index is 506. The molecule has 0 unspecified atom stereocenters. The molecular formula is C14H14N2O2. The molecule has 2 aromatic heterocycles. The minimum atomic E-state index is 0.602. The second-order valence-corrected chi connectivity index (χ2v) is 3.91. The summed E-state index contributed by atoms with van der Waals surface area (Å²) in [5.74, 6) is 0.618. The lowest BCUT2D eigenvalue weighted by atomic mass is 10.1. The van der Waals surface area contributed by atoms with Crippen LogP contribution in [0.3, 0.4) is 0 Å². The predicted octanol–water partition coefficient (Wildman–Crippen LogP) is 2.08. The summed E-state index contributed by atoms with van der Waals surface area (Å²) in [5, 5.41) is 0. The number of rotatable bonds is 5. The average molecular weight is 242 g/mol. The molecule has 0 fully saturated rings. The summed E-state index contributed by atoms with van der Waals surface area (Å²) >= 11 is 0. The molecule has 0 aliphatic carbocycles. The minimum Gasteiger partial charge on any atom is -0.481 e. The summed E-state index contributed by atoms with van der Waals surface area (Å²) in [6.07, 6.45) is 5.88. The smallest absolute Gasteiger partial charge is 0.212 e. The molecule has 0 saturated heterocycles. The zero-order valence-corrected chi connectivity index (χ0v) is 10.2. The van der Waals surface area contributed by atoms with Gasteiger partial charge in [0, 0.05) is 29.7 Å². The van der Waals surface area contributed by atoms with Crippen LogP contribution < -0.4 is 4.74 Å². The number of nitrogens with zero attached hydrogens (tertiary/aromatic N) is 2. The summed E-state index contributed by atoms with van der Waals surface area (Å²) in [7, 11) is 1.60. The number of ether oxygens (including phenoxy) is 1. The molecule has 0 bridgehead atoms. The Kier molecular flexibility index (Phi) is 4.02. The first-order valence-corrected chi connectivity index (χ1v) is 5.71. The van der Waals surface area contributed by atoms with Crippen molar-refractivity contribution in [1.29, 1.82) is 0 Å². The molecular weight excluding hydrogens is 228 g/mol. The highest BCUT2D eigenvalue weighted by atomic mass is 16.5. The fourth-order valence-corrected chi connectivity index (χ4v) is 1.61. The fourth-order valence-electron chi connectivity index (χ4n) is 1.61. The first-order valence-electron chi connectivity index (χ1n) is 5.71. The highest BCUT2D eigenvalue weighted by molar-refractivity contribution is 5.73. The van der Waals surface area contributed by atoms with Gasteiger partial charge in [-0.3, -0.25) is 9.78 Å². The van der Waals surface area contributed by atoms with Crippen molar-refractivity contribution in [3.05, 3.63) is 53.5 Å². The van der Waals surface area contributed by atoms with E-state index in [0.717, 1.165) is 30.4 Å². The SMILES string of the molecule is COc1ccc(CCc2ccc(C=O)cn2)cn1. The van der Waals surface area contributed by atoms with Crippen LogP contribution in [0, 0.1) is 0 Å². The molecule has 4 heteroatoms. The van der Waals surface area contributed by atoms with Gasteiger partial charge in [0.15, 0.2) is 6.29 Å². The Balaban J connectivity index is 1.95. The second kappa shape index (κ2) is 5.91. The van der Waals surface area contributed by atoms with E-state index in [2.05, 4.69) is 9.97 Å². The molecule has 0 saturated carbocycles. The zero-order valence-electron chi connectivity index (χ0n) is 10.2. The Morgan fingerprint density at radius 2 is 2.00 bits per heavy atom. The van der Waals surface area contributed by atoms with Gasteiger partial charge in [-0.15, -0.1) is 0 Å². The molecule has 92 valence electrons. The number of hydrogen-bond acceptors (Lipinski definition) is 4. The van der Waals surface area contributed by atoms with Gasteiger partial charge in [0.25, 0.3) is 0 Å². The maximum atomic E-state index is 10.5. The van der Waals surface area contributed by atoms with Crippen LogP contribution in [0.4, 0.5) is 0 Å². The van der Waals surface area contributed by atoms with E-state index in [1.165, 1.54) is 0 Å². The van der Waals surface area contributed by atoms with Crippen LogP contribution in [0.15, 0.2) is 36.7 Å². The maximum Gasteiger partial charge on any atom is 0.212 e. The zero-order chi connectivity index (χ0) is 12.8. The highest BCUT2D eigenvalue weighted by Gasteiger charge is 1.99. The van der Waals surface area contributed by atoms with Gasteiger partial charge in [-0.05, 0) is 30.5 Å². The fraction of sp³-hybridized carbons (Fsp3) is 0.214. The summed E-state index contributed by atoms with van der Waals surface area (Å²) < 4.78 is 5.00. The lowest BCUT2D eigenvalue weighted by Gasteiger charge is -2.03. The molecule has 2 heterocycles. The summed E-state index contributed by atoms with van der Waals surface area (Å²) in [4.78, 5) is 18.9. The van der Waals surface area contributed by atoms with Crippen LogP contribution in [-0.2, 0) is 12.8 Å². The van der Waals surface area contributed by atoms with E-state index in [9.17, 15) is 4.79 Å². The van der Waals surface area contributed by atoms with Crippen molar-refractivity contribution in [2.45, 2.75) is 12.8 Å². The second-order valence-electron chi connectivity index (χ2n) is 3.91. The lowest BCUT2D eigenvalue weighted by molar-refractivity contribution is 0.112. The number of aromatic nitrogens is 2. The number of aryl methyl sites for hydroxylation is 2. The number of carbonyl (C=O) groups excluding carboxylic acids is 1. The van der Waals surface area contributed by atoms with E-state index >= 15 is 0 Å². The topological polar surface area (TPSA) is 52.1 Å². The normalized spacial score (nSPS) is 10.1. The molecule has 0 atom stereocenters. The van der Waals surface area contributed by atoms with Crippen molar-refractivity contribution in [2.75, 3.05) is 7.11 Å². The maximum absolute atomic E-state index is 10.5. The molecule has 0 aliphatic rings. The van der Waals surface area contributed by atoms with Gasteiger partial charge in [0.2, 0.25) is 5.88 Å².